The van der Waals surface area contributed by atoms with Gasteiger partial charge in [-0.3, -0.25) is 14.5 Å². The Morgan fingerprint density at radius 3 is 2.44 bits per heavy atom. The first-order valence-corrected chi connectivity index (χ1v) is 8.43. The van der Waals surface area contributed by atoms with Crippen molar-refractivity contribution < 1.29 is 28.6 Å². The van der Waals surface area contributed by atoms with E-state index < -0.39 is 12.0 Å². The third kappa shape index (κ3) is 3.87. The Balaban J connectivity index is 1.76. The fourth-order valence-electron chi connectivity index (χ4n) is 3.14. The number of ether oxygens (including phenoxy) is 2. The van der Waals surface area contributed by atoms with Crippen LogP contribution < -0.4 is 9.47 Å². The molecule has 2 aromatic rings. The largest absolute Gasteiger partial charge is 0.481 e. The number of carboxylic acid groups (broad SMARTS) is 1. The second-order valence-electron chi connectivity index (χ2n) is 6.00. The molecule has 0 spiro atoms. The molecule has 9 nitrogen and oxygen atoms in total. The van der Waals surface area contributed by atoms with Gasteiger partial charge in [0, 0.05) is 37.8 Å². The second kappa shape index (κ2) is 8.09. The lowest BCUT2D eigenvalue weighted by Gasteiger charge is -2.37. The lowest BCUT2D eigenvalue weighted by atomic mass is 10.1. The van der Waals surface area contributed by atoms with E-state index in [-0.39, 0.29) is 17.5 Å². The van der Waals surface area contributed by atoms with E-state index in [4.69, 9.17) is 13.9 Å². The number of hydrogen-bond donors (Lipinski definition) is 1. The average molecular weight is 375 g/mol. The van der Waals surface area contributed by atoms with Crippen LogP contribution >= 0.6 is 0 Å². The SMILES string of the molecule is COc1ccc(C(C(=O)O)N2CCN(C(=O)c3ccco3)CC2)c(OC)n1. The molecule has 1 aliphatic rings. The summed E-state index contributed by atoms with van der Waals surface area (Å²) in [6.45, 7) is 1.60. The molecule has 0 aromatic carbocycles. The van der Waals surface area contributed by atoms with Crippen molar-refractivity contribution in [3.8, 4) is 11.8 Å². The van der Waals surface area contributed by atoms with Crippen molar-refractivity contribution in [2.24, 2.45) is 0 Å². The molecule has 1 N–H and O–H groups in total. The van der Waals surface area contributed by atoms with E-state index in [1.165, 1.54) is 20.5 Å². The van der Waals surface area contributed by atoms with Crippen molar-refractivity contribution in [1.29, 1.82) is 0 Å². The Hall–Kier alpha value is -3.07. The van der Waals surface area contributed by atoms with Gasteiger partial charge in [0.25, 0.3) is 5.91 Å². The predicted molar refractivity (Wildman–Crippen MR) is 93.9 cm³/mol. The van der Waals surface area contributed by atoms with Crippen LogP contribution in [0.15, 0.2) is 34.9 Å². The number of nitrogens with zero attached hydrogens (tertiary/aromatic N) is 3. The fourth-order valence-corrected chi connectivity index (χ4v) is 3.14. The standard InChI is InChI=1S/C18H21N3O6/c1-25-14-6-5-12(16(19-14)26-2)15(18(23)24)20-7-9-21(10-8-20)17(22)13-4-3-11-27-13/h3-6,11,15H,7-10H2,1-2H3,(H,23,24). The molecule has 3 heterocycles. The third-order valence-corrected chi connectivity index (χ3v) is 4.49. The molecule has 1 amide bonds. The van der Waals surface area contributed by atoms with Crippen molar-refractivity contribution in [2.45, 2.75) is 6.04 Å². The van der Waals surface area contributed by atoms with Gasteiger partial charge in [0.05, 0.1) is 20.5 Å². The van der Waals surface area contributed by atoms with Gasteiger partial charge in [0.1, 0.15) is 6.04 Å². The van der Waals surface area contributed by atoms with E-state index in [0.717, 1.165) is 0 Å². The first-order valence-electron chi connectivity index (χ1n) is 8.43. The minimum absolute atomic E-state index is 0.199. The van der Waals surface area contributed by atoms with Crippen LogP contribution in [0.2, 0.25) is 0 Å². The molecule has 1 aliphatic heterocycles. The molecule has 0 aliphatic carbocycles. The Morgan fingerprint density at radius 1 is 1.15 bits per heavy atom. The lowest BCUT2D eigenvalue weighted by molar-refractivity contribution is -0.144. The first kappa shape index (κ1) is 18.7. The maximum Gasteiger partial charge on any atom is 0.325 e. The minimum atomic E-state index is -1.01. The van der Waals surface area contributed by atoms with Crippen molar-refractivity contribution >= 4 is 11.9 Å². The van der Waals surface area contributed by atoms with E-state index in [9.17, 15) is 14.7 Å². The van der Waals surface area contributed by atoms with E-state index in [1.807, 2.05) is 0 Å². The number of amides is 1. The fraction of sp³-hybridized carbons (Fsp3) is 0.389. The van der Waals surface area contributed by atoms with E-state index in [1.54, 1.807) is 34.1 Å². The van der Waals surface area contributed by atoms with Crippen LogP contribution in [0.4, 0.5) is 0 Å². The highest BCUT2D eigenvalue weighted by molar-refractivity contribution is 5.91. The Morgan fingerprint density at radius 2 is 1.89 bits per heavy atom. The molecule has 1 unspecified atom stereocenters. The predicted octanol–water partition coefficient (Wildman–Crippen LogP) is 1.28. The molecule has 0 bridgehead atoms. The van der Waals surface area contributed by atoms with Crippen LogP contribution in [0.5, 0.6) is 11.8 Å². The molecule has 1 fully saturated rings. The van der Waals surface area contributed by atoms with E-state index in [2.05, 4.69) is 4.98 Å². The normalized spacial score (nSPS) is 16.0. The van der Waals surface area contributed by atoms with Crippen LogP contribution in [-0.4, -0.2) is 72.2 Å². The summed E-state index contributed by atoms with van der Waals surface area (Å²) in [6, 6.07) is 5.59. The molecule has 0 radical (unpaired) electrons. The second-order valence-corrected chi connectivity index (χ2v) is 6.00. The van der Waals surface area contributed by atoms with Gasteiger partial charge in [-0.05, 0) is 18.2 Å². The van der Waals surface area contributed by atoms with Crippen LogP contribution in [-0.2, 0) is 4.79 Å². The molecular weight excluding hydrogens is 354 g/mol. The Labute approximate surface area is 156 Å². The minimum Gasteiger partial charge on any atom is -0.481 e. The number of carbonyl (C=O) groups is 2. The number of carboxylic acids is 1. The number of aromatic nitrogens is 1. The molecule has 0 saturated carbocycles. The number of carbonyl (C=O) groups excluding carboxylic acids is 1. The zero-order valence-corrected chi connectivity index (χ0v) is 15.1. The molecule has 2 aromatic heterocycles. The zero-order valence-electron chi connectivity index (χ0n) is 15.1. The van der Waals surface area contributed by atoms with Gasteiger partial charge in [-0.2, -0.15) is 4.98 Å². The van der Waals surface area contributed by atoms with Gasteiger partial charge >= 0.3 is 5.97 Å². The highest BCUT2D eigenvalue weighted by atomic mass is 16.5. The molecule has 9 heteroatoms. The summed E-state index contributed by atoms with van der Waals surface area (Å²) in [6.07, 6.45) is 1.45. The molecule has 1 saturated heterocycles. The van der Waals surface area contributed by atoms with Gasteiger partial charge in [-0.1, -0.05) is 0 Å². The highest BCUT2D eigenvalue weighted by Crippen LogP contribution is 2.31. The number of methoxy groups -OCH3 is 2. The maximum absolute atomic E-state index is 12.4. The molecule has 1 atom stereocenters. The summed E-state index contributed by atoms with van der Waals surface area (Å²) < 4.78 is 15.5. The smallest absolute Gasteiger partial charge is 0.325 e. The lowest BCUT2D eigenvalue weighted by Crippen LogP contribution is -2.51. The monoisotopic (exact) mass is 375 g/mol. The van der Waals surface area contributed by atoms with E-state index >= 15 is 0 Å². The van der Waals surface area contributed by atoms with Gasteiger partial charge in [-0.25, -0.2) is 0 Å². The summed E-state index contributed by atoms with van der Waals surface area (Å²) in [5.41, 5.74) is 0.441. The van der Waals surface area contributed by atoms with Crippen molar-refractivity contribution in [3.63, 3.8) is 0 Å². The van der Waals surface area contributed by atoms with E-state index in [0.29, 0.717) is 37.6 Å². The van der Waals surface area contributed by atoms with Crippen molar-refractivity contribution in [3.05, 3.63) is 41.9 Å². The number of piperazine rings is 1. The Kier molecular flexibility index (Phi) is 5.60. The van der Waals surface area contributed by atoms with Crippen LogP contribution in [0.1, 0.15) is 22.2 Å². The van der Waals surface area contributed by atoms with Crippen LogP contribution in [0.25, 0.3) is 0 Å². The summed E-state index contributed by atoms with van der Waals surface area (Å²) >= 11 is 0. The third-order valence-electron chi connectivity index (χ3n) is 4.49. The highest BCUT2D eigenvalue weighted by Gasteiger charge is 2.34. The average Bonchev–Trinajstić information content (AvgIpc) is 3.23. The molecular formula is C18H21N3O6. The van der Waals surface area contributed by atoms with Crippen molar-refractivity contribution in [1.82, 2.24) is 14.8 Å². The number of furan rings is 1. The molecule has 144 valence electrons. The number of aliphatic carboxylic acids is 1. The summed E-state index contributed by atoms with van der Waals surface area (Å²) in [5, 5.41) is 9.80. The van der Waals surface area contributed by atoms with Gasteiger partial charge < -0.3 is 23.9 Å². The van der Waals surface area contributed by atoms with Crippen LogP contribution in [0.3, 0.4) is 0 Å². The first-order chi connectivity index (χ1) is 13.0. The maximum atomic E-state index is 12.4. The summed E-state index contributed by atoms with van der Waals surface area (Å²) in [4.78, 5) is 32.0. The quantitative estimate of drug-likeness (QED) is 0.805. The van der Waals surface area contributed by atoms with Gasteiger partial charge in [0.15, 0.2) is 5.76 Å². The Bertz CT molecular complexity index is 799. The molecule has 3 rings (SSSR count). The topological polar surface area (TPSA) is 105 Å². The zero-order chi connectivity index (χ0) is 19.4. The van der Waals surface area contributed by atoms with Gasteiger partial charge in [0.2, 0.25) is 11.8 Å². The molecule has 27 heavy (non-hydrogen) atoms. The van der Waals surface area contributed by atoms with Crippen LogP contribution in [0, 0.1) is 0 Å². The number of pyridine rings is 1. The number of rotatable bonds is 6. The summed E-state index contributed by atoms with van der Waals surface area (Å²) in [5.74, 6) is -0.384. The van der Waals surface area contributed by atoms with Crippen molar-refractivity contribution in [2.75, 3.05) is 40.4 Å². The summed E-state index contributed by atoms with van der Waals surface area (Å²) in [7, 11) is 2.91. The number of hydrogen-bond acceptors (Lipinski definition) is 7. The van der Waals surface area contributed by atoms with Gasteiger partial charge in [-0.15, -0.1) is 0 Å².